The first-order chi connectivity index (χ1) is 8.83. The Kier molecular flexibility index (Phi) is 3.12. The molecule has 0 spiro atoms. The van der Waals surface area contributed by atoms with Crippen LogP contribution in [-0.2, 0) is 6.54 Å². The molecule has 0 atom stereocenters. The van der Waals surface area contributed by atoms with Gasteiger partial charge in [0.05, 0.1) is 11.9 Å². The predicted molar refractivity (Wildman–Crippen MR) is 73.1 cm³/mol. The molecule has 0 aliphatic carbocycles. The molecule has 0 fully saturated rings. The van der Waals surface area contributed by atoms with Crippen molar-refractivity contribution in [2.24, 2.45) is 0 Å². The number of anilines is 1. The first-order valence-corrected chi connectivity index (χ1v) is 6.71. The van der Waals surface area contributed by atoms with Crippen LogP contribution in [0.15, 0.2) is 29.9 Å². The van der Waals surface area contributed by atoms with Gasteiger partial charge in [-0.15, -0.1) is 11.3 Å². The molecule has 0 aliphatic rings. The maximum absolute atomic E-state index is 5.89. The Morgan fingerprint density at radius 1 is 1.39 bits per heavy atom. The summed E-state index contributed by atoms with van der Waals surface area (Å²) in [6, 6.07) is 3.89. The molecule has 0 radical (unpaired) electrons. The van der Waals surface area contributed by atoms with Gasteiger partial charge in [0.1, 0.15) is 10.6 Å². The largest absolute Gasteiger partial charge is 0.368 e. The van der Waals surface area contributed by atoms with Gasteiger partial charge in [0.15, 0.2) is 0 Å². The van der Waals surface area contributed by atoms with Gasteiger partial charge in [0.2, 0.25) is 5.28 Å². The SMILES string of the molecule is Clc1nc(NCCn2cccn2)c2ccsc2n1. The van der Waals surface area contributed by atoms with Gasteiger partial charge in [-0.2, -0.15) is 5.10 Å². The van der Waals surface area contributed by atoms with Gasteiger partial charge < -0.3 is 5.32 Å². The second kappa shape index (κ2) is 4.91. The molecule has 3 aromatic heterocycles. The van der Waals surface area contributed by atoms with Crippen molar-refractivity contribution in [2.45, 2.75) is 6.54 Å². The summed E-state index contributed by atoms with van der Waals surface area (Å²) in [5.74, 6) is 0.776. The van der Waals surface area contributed by atoms with E-state index >= 15 is 0 Å². The van der Waals surface area contributed by atoms with Crippen molar-refractivity contribution in [2.75, 3.05) is 11.9 Å². The van der Waals surface area contributed by atoms with Gasteiger partial charge in [0, 0.05) is 18.9 Å². The number of hydrogen-bond donors (Lipinski definition) is 1. The second-order valence-corrected chi connectivity index (χ2v) is 4.91. The van der Waals surface area contributed by atoms with Crippen LogP contribution in [0.5, 0.6) is 0 Å². The first kappa shape index (κ1) is 11.4. The van der Waals surface area contributed by atoms with Crippen LogP contribution < -0.4 is 5.32 Å². The Bertz CT molecular complexity index is 649. The van der Waals surface area contributed by atoms with Crippen LogP contribution >= 0.6 is 22.9 Å². The van der Waals surface area contributed by atoms with Crippen LogP contribution in [0.4, 0.5) is 5.82 Å². The lowest BCUT2D eigenvalue weighted by molar-refractivity contribution is 0.637. The maximum atomic E-state index is 5.89. The van der Waals surface area contributed by atoms with E-state index in [2.05, 4.69) is 20.4 Å². The minimum Gasteiger partial charge on any atom is -0.368 e. The van der Waals surface area contributed by atoms with Crippen LogP contribution in [0, 0.1) is 0 Å². The smallest absolute Gasteiger partial charge is 0.225 e. The molecule has 0 saturated carbocycles. The average Bonchev–Trinajstić information content (AvgIpc) is 2.98. The summed E-state index contributed by atoms with van der Waals surface area (Å²) >= 11 is 7.44. The normalized spacial score (nSPS) is 10.9. The van der Waals surface area contributed by atoms with E-state index in [-0.39, 0.29) is 5.28 Å². The fourth-order valence-electron chi connectivity index (χ4n) is 1.69. The topological polar surface area (TPSA) is 55.6 Å². The van der Waals surface area contributed by atoms with E-state index in [0.29, 0.717) is 0 Å². The minimum atomic E-state index is 0.270. The molecule has 18 heavy (non-hydrogen) atoms. The van der Waals surface area contributed by atoms with Crippen molar-refractivity contribution in [1.29, 1.82) is 0 Å². The molecule has 0 saturated heterocycles. The van der Waals surface area contributed by atoms with Gasteiger partial charge in [-0.3, -0.25) is 4.68 Å². The lowest BCUT2D eigenvalue weighted by Crippen LogP contribution is -2.12. The number of nitrogens with one attached hydrogen (secondary N) is 1. The minimum absolute atomic E-state index is 0.270. The summed E-state index contributed by atoms with van der Waals surface area (Å²) in [5.41, 5.74) is 0. The molecule has 3 aromatic rings. The van der Waals surface area contributed by atoms with Gasteiger partial charge in [0.25, 0.3) is 0 Å². The second-order valence-electron chi connectivity index (χ2n) is 3.68. The number of rotatable bonds is 4. The van der Waals surface area contributed by atoms with Crippen LogP contribution in [0.25, 0.3) is 10.2 Å². The molecule has 7 heteroatoms. The Labute approximate surface area is 112 Å². The number of aromatic nitrogens is 4. The Morgan fingerprint density at radius 2 is 2.33 bits per heavy atom. The standard InChI is InChI=1S/C11H10ClN5S/c12-11-15-9(8-2-7-18-10(8)16-11)13-4-6-17-5-1-3-14-17/h1-3,5,7H,4,6H2,(H,13,15,16). The number of nitrogens with zero attached hydrogens (tertiary/aromatic N) is 4. The Balaban J connectivity index is 1.75. The van der Waals surface area contributed by atoms with E-state index in [0.717, 1.165) is 29.1 Å². The third-order valence-corrected chi connectivity index (χ3v) is 3.47. The van der Waals surface area contributed by atoms with E-state index in [9.17, 15) is 0 Å². The van der Waals surface area contributed by atoms with E-state index in [1.165, 1.54) is 0 Å². The first-order valence-electron chi connectivity index (χ1n) is 5.45. The lowest BCUT2D eigenvalue weighted by Gasteiger charge is -2.07. The zero-order valence-corrected chi connectivity index (χ0v) is 10.9. The van der Waals surface area contributed by atoms with E-state index in [1.807, 2.05) is 28.4 Å². The summed E-state index contributed by atoms with van der Waals surface area (Å²) in [6.45, 7) is 1.51. The van der Waals surface area contributed by atoms with Crippen LogP contribution in [0.3, 0.4) is 0 Å². The molecule has 5 nitrogen and oxygen atoms in total. The highest BCUT2D eigenvalue weighted by Gasteiger charge is 2.07. The average molecular weight is 280 g/mol. The molecule has 0 aromatic carbocycles. The highest BCUT2D eigenvalue weighted by Crippen LogP contribution is 2.26. The molecular weight excluding hydrogens is 270 g/mol. The van der Waals surface area contributed by atoms with Crippen molar-refractivity contribution in [3.05, 3.63) is 35.2 Å². The number of halogens is 1. The molecule has 0 bridgehead atoms. The van der Waals surface area contributed by atoms with Gasteiger partial charge in [-0.05, 0) is 29.1 Å². The molecule has 0 aliphatic heterocycles. The molecule has 3 heterocycles. The fourth-order valence-corrected chi connectivity index (χ4v) is 2.67. The molecular formula is C11H10ClN5S. The number of fused-ring (bicyclic) bond motifs is 1. The lowest BCUT2D eigenvalue weighted by atomic mass is 10.4. The highest BCUT2D eigenvalue weighted by atomic mass is 35.5. The van der Waals surface area contributed by atoms with E-state index in [4.69, 9.17) is 11.6 Å². The predicted octanol–water partition coefficient (Wildman–Crippen LogP) is 2.65. The third kappa shape index (κ3) is 2.30. The zero-order valence-electron chi connectivity index (χ0n) is 9.38. The molecule has 92 valence electrons. The third-order valence-electron chi connectivity index (χ3n) is 2.49. The zero-order chi connectivity index (χ0) is 12.4. The van der Waals surface area contributed by atoms with Crippen molar-refractivity contribution >= 4 is 39.0 Å². The number of thiophene rings is 1. The van der Waals surface area contributed by atoms with Gasteiger partial charge in [-0.25, -0.2) is 9.97 Å². The molecule has 1 N–H and O–H groups in total. The van der Waals surface area contributed by atoms with Crippen LogP contribution in [0.1, 0.15) is 0 Å². The van der Waals surface area contributed by atoms with Crippen molar-refractivity contribution in [3.63, 3.8) is 0 Å². The van der Waals surface area contributed by atoms with Crippen molar-refractivity contribution in [3.8, 4) is 0 Å². The summed E-state index contributed by atoms with van der Waals surface area (Å²) in [5, 5.41) is 10.7. The molecule has 3 rings (SSSR count). The highest BCUT2D eigenvalue weighted by molar-refractivity contribution is 7.16. The summed E-state index contributed by atoms with van der Waals surface area (Å²) in [6.07, 6.45) is 3.69. The van der Waals surface area contributed by atoms with Gasteiger partial charge >= 0.3 is 0 Å². The van der Waals surface area contributed by atoms with Crippen LogP contribution in [-0.4, -0.2) is 26.3 Å². The maximum Gasteiger partial charge on any atom is 0.225 e. The van der Waals surface area contributed by atoms with E-state index < -0.39 is 0 Å². The fraction of sp³-hybridized carbons (Fsp3) is 0.182. The Hall–Kier alpha value is -1.66. The Morgan fingerprint density at radius 3 is 3.17 bits per heavy atom. The summed E-state index contributed by atoms with van der Waals surface area (Å²) in [4.78, 5) is 9.28. The molecule has 0 amide bonds. The van der Waals surface area contributed by atoms with Gasteiger partial charge in [-0.1, -0.05) is 0 Å². The number of hydrogen-bond acceptors (Lipinski definition) is 5. The van der Waals surface area contributed by atoms with Crippen LogP contribution in [0.2, 0.25) is 5.28 Å². The summed E-state index contributed by atoms with van der Waals surface area (Å²) < 4.78 is 1.86. The van der Waals surface area contributed by atoms with E-state index in [1.54, 1.807) is 17.5 Å². The van der Waals surface area contributed by atoms with Crippen molar-refractivity contribution < 1.29 is 0 Å². The monoisotopic (exact) mass is 279 g/mol. The summed E-state index contributed by atoms with van der Waals surface area (Å²) in [7, 11) is 0. The van der Waals surface area contributed by atoms with Crippen molar-refractivity contribution in [1.82, 2.24) is 19.7 Å². The quantitative estimate of drug-likeness (QED) is 0.746. The molecule has 0 unspecified atom stereocenters.